The Morgan fingerprint density at radius 2 is 2.11 bits per heavy atom. The molecule has 2 rings (SSSR count). The Labute approximate surface area is 117 Å². The van der Waals surface area contributed by atoms with Gasteiger partial charge in [0.25, 0.3) is 5.91 Å². The highest BCUT2D eigenvalue weighted by molar-refractivity contribution is 7.16. The quantitative estimate of drug-likeness (QED) is 0.908. The summed E-state index contributed by atoms with van der Waals surface area (Å²) in [5.74, 6) is -1.63. The van der Waals surface area contributed by atoms with Gasteiger partial charge in [-0.05, 0) is 13.0 Å². The number of hydrogen-bond acceptors (Lipinski definition) is 5. The summed E-state index contributed by atoms with van der Waals surface area (Å²) in [6, 6.07) is 1.50. The van der Waals surface area contributed by atoms with Gasteiger partial charge in [-0.2, -0.15) is 0 Å². The Balaban J connectivity index is 2.24. The number of amides is 1. The highest BCUT2D eigenvalue weighted by atomic mass is 35.5. The number of hydrogen-bond donors (Lipinski definition) is 2. The standard InChI is InChI=1S/C11H8ClN3O3S/c1-5-2-6(11(17)18)10(19-5)15-9(16)7-3-14-8(12)4-13-7/h2-4H,1H3,(H,15,16)(H,17,18). The zero-order valence-electron chi connectivity index (χ0n) is 9.68. The van der Waals surface area contributed by atoms with Crippen LogP contribution in [-0.2, 0) is 0 Å². The molecule has 6 nitrogen and oxygen atoms in total. The molecule has 2 heterocycles. The second kappa shape index (κ2) is 5.33. The molecule has 2 N–H and O–H groups in total. The summed E-state index contributed by atoms with van der Waals surface area (Å²) in [5, 5.41) is 12.0. The smallest absolute Gasteiger partial charge is 0.338 e. The van der Waals surface area contributed by atoms with Gasteiger partial charge in [-0.3, -0.25) is 4.79 Å². The van der Waals surface area contributed by atoms with Crippen LogP contribution in [0.2, 0.25) is 5.15 Å². The monoisotopic (exact) mass is 297 g/mol. The molecule has 1 amide bonds. The normalized spacial score (nSPS) is 10.2. The Hall–Kier alpha value is -1.99. The largest absolute Gasteiger partial charge is 0.478 e. The third kappa shape index (κ3) is 3.07. The van der Waals surface area contributed by atoms with Gasteiger partial charge in [-0.15, -0.1) is 11.3 Å². The first kappa shape index (κ1) is 13.4. The van der Waals surface area contributed by atoms with Crippen molar-refractivity contribution < 1.29 is 14.7 Å². The van der Waals surface area contributed by atoms with Gasteiger partial charge >= 0.3 is 5.97 Å². The fourth-order valence-corrected chi connectivity index (χ4v) is 2.36. The molecule has 19 heavy (non-hydrogen) atoms. The Bertz CT molecular complexity index is 639. The number of aromatic nitrogens is 2. The number of nitrogens with zero attached hydrogens (tertiary/aromatic N) is 2. The van der Waals surface area contributed by atoms with E-state index in [0.29, 0.717) is 0 Å². The van der Waals surface area contributed by atoms with Crippen LogP contribution in [0.25, 0.3) is 0 Å². The summed E-state index contributed by atoms with van der Waals surface area (Å²) in [6.45, 7) is 1.76. The molecule has 0 bridgehead atoms. The van der Waals surface area contributed by atoms with Crippen molar-refractivity contribution in [1.29, 1.82) is 0 Å². The van der Waals surface area contributed by atoms with Gasteiger partial charge in [0.1, 0.15) is 15.8 Å². The lowest BCUT2D eigenvalue weighted by atomic mass is 10.3. The minimum absolute atomic E-state index is 0.0535. The third-order valence-electron chi connectivity index (χ3n) is 2.17. The number of thiophene rings is 1. The molecule has 0 aliphatic rings. The molecular weight excluding hydrogens is 290 g/mol. The van der Waals surface area contributed by atoms with Crippen molar-refractivity contribution in [2.45, 2.75) is 6.92 Å². The maximum Gasteiger partial charge on any atom is 0.338 e. The minimum Gasteiger partial charge on any atom is -0.478 e. The summed E-state index contributed by atoms with van der Waals surface area (Å²) >= 11 is 6.75. The van der Waals surface area contributed by atoms with Gasteiger partial charge in [-0.1, -0.05) is 11.6 Å². The van der Waals surface area contributed by atoms with Crippen LogP contribution < -0.4 is 5.32 Å². The predicted molar refractivity (Wildman–Crippen MR) is 71.0 cm³/mol. The number of halogens is 1. The summed E-state index contributed by atoms with van der Waals surface area (Å²) < 4.78 is 0. The summed E-state index contributed by atoms with van der Waals surface area (Å²) in [4.78, 5) is 31.2. The number of carbonyl (C=O) groups is 2. The molecule has 8 heteroatoms. The van der Waals surface area contributed by atoms with Crippen molar-refractivity contribution in [2.24, 2.45) is 0 Å². The van der Waals surface area contributed by atoms with Gasteiger partial charge in [-0.25, -0.2) is 14.8 Å². The first-order valence-electron chi connectivity index (χ1n) is 5.10. The average Bonchev–Trinajstić information content (AvgIpc) is 2.71. The fraction of sp³-hybridized carbons (Fsp3) is 0.0909. The maximum atomic E-state index is 11.9. The SMILES string of the molecule is Cc1cc(C(=O)O)c(NC(=O)c2cnc(Cl)cn2)s1. The predicted octanol–water partition coefficient (Wildman–Crippen LogP) is 2.45. The van der Waals surface area contributed by atoms with E-state index in [4.69, 9.17) is 16.7 Å². The zero-order chi connectivity index (χ0) is 14.0. The van der Waals surface area contributed by atoms with Gasteiger partial charge in [0.15, 0.2) is 0 Å². The summed E-state index contributed by atoms with van der Waals surface area (Å²) in [6.07, 6.45) is 2.47. The summed E-state index contributed by atoms with van der Waals surface area (Å²) in [7, 11) is 0. The minimum atomic E-state index is -1.10. The van der Waals surface area contributed by atoms with Crippen LogP contribution in [0.5, 0.6) is 0 Å². The molecule has 0 unspecified atom stereocenters. The summed E-state index contributed by atoms with van der Waals surface area (Å²) in [5.41, 5.74) is 0.115. The average molecular weight is 298 g/mol. The topological polar surface area (TPSA) is 92.2 Å². The van der Waals surface area contributed by atoms with Crippen LogP contribution in [0.15, 0.2) is 18.5 Å². The van der Waals surface area contributed by atoms with E-state index in [-0.39, 0.29) is 21.4 Å². The van der Waals surface area contributed by atoms with Gasteiger partial charge in [0.05, 0.1) is 18.0 Å². The lowest BCUT2D eigenvalue weighted by Crippen LogP contribution is -2.14. The van der Waals surface area contributed by atoms with E-state index in [2.05, 4.69) is 15.3 Å². The highest BCUT2D eigenvalue weighted by Gasteiger charge is 2.17. The van der Waals surface area contributed by atoms with Gasteiger partial charge in [0, 0.05) is 4.88 Å². The number of aromatic carboxylic acids is 1. The highest BCUT2D eigenvalue weighted by Crippen LogP contribution is 2.27. The lowest BCUT2D eigenvalue weighted by Gasteiger charge is -2.03. The maximum absolute atomic E-state index is 11.9. The Morgan fingerprint density at radius 1 is 1.37 bits per heavy atom. The number of rotatable bonds is 3. The van der Waals surface area contributed by atoms with E-state index in [1.807, 2.05) is 0 Å². The van der Waals surface area contributed by atoms with E-state index >= 15 is 0 Å². The van der Waals surface area contributed by atoms with Crippen molar-refractivity contribution in [1.82, 2.24) is 9.97 Å². The van der Waals surface area contributed by atoms with E-state index in [9.17, 15) is 9.59 Å². The lowest BCUT2D eigenvalue weighted by molar-refractivity contribution is 0.0698. The molecule has 0 saturated carbocycles. The second-order valence-corrected chi connectivity index (χ2v) is 5.23. The van der Waals surface area contributed by atoms with Crippen LogP contribution in [-0.4, -0.2) is 27.0 Å². The molecule has 0 fully saturated rings. The molecule has 0 aliphatic carbocycles. The number of carboxylic acids is 1. The van der Waals surface area contributed by atoms with Crippen molar-refractivity contribution in [3.05, 3.63) is 39.7 Å². The molecule has 98 valence electrons. The van der Waals surface area contributed by atoms with Crippen LogP contribution in [0, 0.1) is 6.92 Å². The van der Waals surface area contributed by atoms with Crippen molar-refractivity contribution in [3.8, 4) is 0 Å². The van der Waals surface area contributed by atoms with Crippen LogP contribution >= 0.6 is 22.9 Å². The molecule has 0 spiro atoms. The third-order valence-corrected chi connectivity index (χ3v) is 3.33. The molecule has 0 aliphatic heterocycles. The van der Waals surface area contributed by atoms with Crippen molar-refractivity contribution >= 4 is 39.8 Å². The molecule has 0 radical (unpaired) electrons. The van der Waals surface area contributed by atoms with Crippen LogP contribution in [0.3, 0.4) is 0 Å². The number of carbonyl (C=O) groups excluding carboxylic acids is 1. The molecule has 2 aromatic rings. The molecule has 2 aromatic heterocycles. The molecular formula is C11H8ClN3O3S. The van der Waals surface area contributed by atoms with Crippen LogP contribution in [0.4, 0.5) is 5.00 Å². The van der Waals surface area contributed by atoms with E-state index in [0.717, 1.165) is 4.88 Å². The van der Waals surface area contributed by atoms with Crippen LogP contribution in [0.1, 0.15) is 25.7 Å². The first-order chi connectivity index (χ1) is 8.97. The Morgan fingerprint density at radius 3 is 2.68 bits per heavy atom. The van der Waals surface area contributed by atoms with E-state index in [1.165, 1.54) is 29.8 Å². The van der Waals surface area contributed by atoms with E-state index in [1.54, 1.807) is 6.92 Å². The molecule has 0 atom stereocenters. The first-order valence-corrected chi connectivity index (χ1v) is 6.29. The zero-order valence-corrected chi connectivity index (χ0v) is 11.2. The molecule has 0 saturated heterocycles. The van der Waals surface area contributed by atoms with Gasteiger partial charge in [0.2, 0.25) is 0 Å². The number of carboxylic acid groups (broad SMARTS) is 1. The number of nitrogens with one attached hydrogen (secondary N) is 1. The van der Waals surface area contributed by atoms with Crippen molar-refractivity contribution in [3.63, 3.8) is 0 Å². The molecule has 0 aromatic carbocycles. The number of aryl methyl sites for hydroxylation is 1. The number of anilines is 1. The van der Waals surface area contributed by atoms with Gasteiger partial charge < -0.3 is 10.4 Å². The van der Waals surface area contributed by atoms with Crippen molar-refractivity contribution in [2.75, 3.05) is 5.32 Å². The Kier molecular flexibility index (Phi) is 3.77. The van der Waals surface area contributed by atoms with E-state index < -0.39 is 11.9 Å². The fourth-order valence-electron chi connectivity index (χ4n) is 1.36. The second-order valence-electron chi connectivity index (χ2n) is 3.58.